The second kappa shape index (κ2) is 5.49. The van der Waals surface area contributed by atoms with E-state index in [1.165, 1.54) is 36.8 Å². The minimum absolute atomic E-state index is 0.709. The number of benzene rings is 1. The topological polar surface area (TPSA) is 12.0 Å². The third kappa shape index (κ3) is 3.08. The van der Waals surface area contributed by atoms with Crippen molar-refractivity contribution in [2.75, 3.05) is 6.54 Å². The quantitative estimate of drug-likeness (QED) is 0.771. The van der Waals surface area contributed by atoms with E-state index in [9.17, 15) is 0 Å². The second-order valence-electron chi connectivity index (χ2n) is 5.03. The van der Waals surface area contributed by atoms with E-state index in [2.05, 4.69) is 43.4 Å². The molecule has 0 amide bonds. The van der Waals surface area contributed by atoms with E-state index in [4.69, 9.17) is 0 Å². The zero-order valence-corrected chi connectivity index (χ0v) is 10.5. The molecule has 0 radical (unpaired) electrons. The Labute approximate surface area is 99.3 Å². The maximum absolute atomic E-state index is 3.71. The van der Waals surface area contributed by atoms with Crippen molar-refractivity contribution in [2.45, 2.75) is 45.6 Å². The fourth-order valence-electron chi connectivity index (χ4n) is 2.31. The van der Waals surface area contributed by atoms with Crippen molar-refractivity contribution in [1.29, 1.82) is 0 Å². The Kier molecular flexibility index (Phi) is 4.00. The average Bonchev–Trinajstić information content (AvgIpc) is 3.10. The van der Waals surface area contributed by atoms with Gasteiger partial charge in [-0.1, -0.05) is 31.2 Å². The van der Waals surface area contributed by atoms with Crippen LogP contribution in [0, 0.1) is 12.8 Å². The summed E-state index contributed by atoms with van der Waals surface area (Å²) in [6.45, 7) is 5.62. The van der Waals surface area contributed by atoms with Crippen LogP contribution in [-0.4, -0.2) is 12.6 Å². The molecular weight excluding hydrogens is 194 g/mol. The van der Waals surface area contributed by atoms with Crippen LogP contribution in [0.4, 0.5) is 0 Å². The molecule has 2 rings (SSSR count). The summed E-state index contributed by atoms with van der Waals surface area (Å²) in [4.78, 5) is 0. The van der Waals surface area contributed by atoms with Crippen LogP contribution in [-0.2, 0) is 6.42 Å². The van der Waals surface area contributed by atoms with Crippen molar-refractivity contribution in [1.82, 2.24) is 5.32 Å². The van der Waals surface area contributed by atoms with Crippen molar-refractivity contribution in [2.24, 2.45) is 5.92 Å². The van der Waals surface area contributed by atoms with Crippen molar-refractivity contribution in [3.8, 4) is 0 Å². The van der Waals surface area contributed by atoms with Gasteiger partial charge in [0.05, 0.1) is 0 Å². The van der Waals surface area contributed by atoms with Crippen molar-refractivity contribution >= 4 is 0 Å². The fraction of sp³-hybridized carbons (Fsp3) is 0.600. The Morgan fingerprint density at radius 1 is 1.31 bits per heavy atom. The van der Waals surface area contributed by atoms with Crippen LogP contribution in [0.25, 0.3) is 0 Å². The van der Waals surface area contributed by atoms with E-state index in [0.29, 0.717) is 6.04 Å². The number of hydrogen-bond donors (Lipinski definition) is 1. The normalized spacial score (nSPS) is 17.4. The molecule has 1 aromatic rings. The van der Waals surface area contributed by atoms with Crippen molar-refractivity contribution in [3.05, 3.63) is 35.4 Å². The standard InChI is InChI=1S/C15H23N/c1-3-10-16-15(13-8-9-13)11-14-7-5-4-6-12(14)2/h4-7,13,15-16H,3,8-11H2,1-2H3. The number of nitrogens with one attached hydrogen (secondary N) is 1. The molecule has 1 atom stereocenters. The third-order valence-corrected chi connectivity index (χ3v) is 3.55. The summed E-state index contributed by atoms with van der Waals surface area (Å²) < 4.78 is 0. The highest BCUT2D eigenvalue weighted by Gasteiger charge is 2.30. The van der Waals surface area contributed by atoms with Gasteiger partial charge in [0, 0.05) is 6.04 Å². The highest BCUT2D eigenvalue weighted by molar-refractivity contribution is 5.26. The molecule has 0 heterocycles. The van der Waals surface area contributed by atoms with Gasteiger partial charge in [0.2, 0.25) is 0 Å². The van der Waals surface area contributed by atoms with Crippen LogP contribution in [0.5, 0.6) is 0 Å². The van der Waals surface area contributed by atoms with Crippen molar-refractivity contribution in [3.63, 3.8) is 0 Å². The lowest BCUT2D eigenvalue weighted by Crippen LogP contribution is -2.33. The predicted octanol–water partition coefficient (Wildman–Crippen LogP) is 3.32. The monoisotopic (exact) mass is 217 g/mol. The Hall–Kier alpha value is -0.820. The summed E-state index contributed by atoms with van der Waals surface area (Å²) in [5.41, 5.74) is 2.95. The molecule has 1 saturated carbocycles. The first-order valence-corrected chi connectivity index (χ1v) is 6.59. The number of hydrogen-bond acceptors (Lipinski definition) is 1. The van der Waals surface area contributed by atoms with Crippen LogP contribution >= 0.6 is 0 Å². The Bertz CT molecular complexity index is 328. The van der Waals surface area contributed by atoms with Gasteiger partial charge in [-0.05, 0) is 56.2 Å². The van der Waals surface area contributed by atoms with E-state index in [1.807, 2.05) is 0 Å². The molecule has 0 saturated heterocycles. The van der Waals surface area contributed by atoms with Gasteiger partial charge in [0.15, 0.2) is 0 Å². The first-order chi connectivity index (χ1) is 7.81. The average molecular weight is 217 g/mol. The van der Waals surface area contributed by atoms with Gasteiger partial charge >= 0.3 is 0 Å². The summed E-state index contributed by atoms with van der Waals surface area (Å²) >= 11 is 0. The Balaban J connectivity index is 1.97. The molecule has 1 nitrogen and oxygen atoms in total. The maximum Gasteiger partial charge on any atom is 0.0136 e. The predicted molar refractivity (Wildman–Crippen MR) is 69.7 cm³/mol. The van der Waals surface area contributed by atoms with Gasteiger partial charge in [-0.25, -0.2) is 0 Å². The summed E-state index contributed by atoms with van der Waals surface area (Å²) in [5, 5.41) is 3.71. The number of aryl methyl sites for hydroxylation is 1. The van der Waals surface area contributed by atoms with Crippen molar-refractivity contribution < 1.29 is 0 Å². The maximum atomic E-state index is 3.71. The molecule has 1 N–H and O–H groups in total. The molecule has 1 unspecified atom stereocenters. The molecule has 0 bridgehead atoms. The molecule has 88 valence electrons. The lowest BCUT2D eigenvalue weighted by molar-refractivity contribution is 0.459. The Morgan fingerprint density at radius 2 is 2.06 bits per heavy atom. The molecule has 1 aliphatic rings. The fourth-order valence-corrected chi connectivity index (χ4v) is 2.31. The summed E-state index contributed by atoms with van der Waals surface area (Å²) in [7, 11) is 0. The molecule has 0 aliphatic heterocycles. The van der Waals surface area contributed by atoms with Crippen LogP contribution in [0.3, 0.4) is 0 Å². The first-order valence-electron chi connectivity index (χ1n) is 6.59. The molecule has 0 spiro atoms. The second-order valence-corrected chi connectivity index (χ2v) is 5.03. The smallest absolute Gasteiger partial charge is 0.0136 e. The van der Waals surface area contributed by atoms with E-state index in [1.54, 1.807) is 0 Å². The minimum atomic E-state index is 0.709. The van der Waals surface area contributed by atoms with Crippen LogP contribution in [0.1, 0.15) is 37.3 Å². The van der Waals surface area contributed by atoms with E-state index >= 15 is 0 Å². The van der Waals surface area contributed by atoms with Crippen LogP contribution in [0.2, 0.25) is 0 Å². The summed E-state index contributed by atoms with van der Waals surface area (Å²) in [6, 6.07) is 9.50. The van der Waals surface area contributed by atoms with Gasteiger partial charge in [-0.15, -0.1) is 0 Å². The highest BCUT2D eigenvalue weighted by atomic mass is 14.9. The SMILES string of the molecule is CCCNC(Cc1ccccc1C)C1CC1. The van der Waals surface area contributed by atoms with E-state index in [0.717, 1.165) is 12.5 Å². The van der Waals surface area contributed by atoms with Gasteiger partial charge < -0.3 is 5.32 Å². The summed E-state index contributed by atoms with van der Waals surface area (Å²) in [6.07, 6.45) is 5.29. The van der Waals surface area contributed by atoms with E-state index in [-0.39, 0.29) is 0 Å². The number of rotatable bonds is 6. The van der Waals surface area contributed by atoms with Crippen LogP contribution < -0.4 is 5.32 Å². The molecule has 1 heteroatoms. The third-order valence-electron chi connectivity index (χ3n) is 3.55. The molecule has 16 heavy (non-hydrogen) atoms. The largest absolute Gasteiger partial charge is 0.313 e. The molecule has 0 aromatic heterocycles. The lowest BCUT2D eigenvalue weighted by atomic mass is 9.98. The van der Waals surface area contributed by atoms with Gasteiger partial charge in [0.25, 0.3) is 0 Å². The highest BCUT2D eigenvalue weighted by Crippen LogP contribution is 2.34. The summed E-state index contributed by atoms with van der Waals surface area (Å²) in [5.74, 6) is 0.936. The zero-order valence-electron chi connectivity index (χ0n) is 10.5. The van der Waals surface area contributed by atoms with Gasteiger partial charge in [-0.2, -0.15) is 0 Å². The minimum Gasteiger partial charge on any atom is -0.313 e. The van der Waals surface area contributed by atoms with E-state index < -0.39 is 0 Å². The lowest BCUT2D eigenvalue weighted by Gasteiger charge is -2.19. The van der Waals surface area contributed by atoms with Gasteiger partial charge in [-0.3, -0.25) is 0 Å². The molecule has 1 aromatic carbocycles. The first kappa shape index (κ1) is 11.7. The zero-order chi connectivity index (χ0) is 11.4. The molecule has 1 fully saturated rings. The van der Waals surface area contributed by atoms with Crippen LogP contribution in [0.15, 0.2) is 24.3 Å². The molecule has 1 aliphatic carbocycles. The molecular formula is C15H23N. The van der Waals surface area contributed by atoms with Gasteiger partial charge in [0.1, 0.15) is 0 Å². The Morgan fingerprint density at radius 3 is 2.69 bits per heavy atom.